The van der Waals surface area contributed by atoms with Crippen LogP contribution in [0.25, 0.3) is 11.0 Å². The predicted molar refractivity (Wildman–Crippen MR) is 113 cm³/mol. The van der Waals surface area contributed by atoms with Gasteiger partial charge < -0.3 is 10.1 Å². The highest BCUT2D eigenvalue weighted by atomic mass is 16.5. The van der Waals surface area contributed by atoms with Crippen molar-refractivity contribution in [1.82, 2.24) is 25.1 Å². The van der Waals surface area contributed by atoms with E-state index in [0.717, 1.165) is 6.42 Å². The molecule has 8 heteroatoms. The quantitative estimate of drug-likeness (QED) is 0.601. The number of carbonyl (C=O) groups is 2. The Kier molecular flexibility index (Phi) is 6.14. The fourth-order valence-corrected chi connectivity index (χ4v) is 3.39. The fraction of sp³-hybridized carbons (Fsp3) is 0.409. The molecule has 0 radical (unpaired) electrons. The molecule has 0 aliphatic carbocycles. The van der Waals surface area contributed by atoms with Crippen molar-refractivity contribution in [2.24, 2.45) is 0 Å². The number of nitrogens with zero attached hydrogens (tertiary/aromatic N) is 4. The first-order valence-electron chi connectivity index (χ1n) is 9.94. The van der Waals surface area contributed by atoms with E-state index in [-0.39, 0.29) is 18.4 Å². The van der Waals surface area contributed by atoms with Crippen LogP contribution < -0.4 is 5.32 Å². The molecule has 3 aromatic heterocycles. The summed E-state index contributed by atoms with van der Waals surface area (Å²) in [5.74, 6) is -0.768. The van der Waals surface area contributed by atoms with E-state index in [1.54, 1.807) is 37.5 Å². The molecule has 30 heavy (non-hydrogen) atoms. The van der Waals surface area contributed by atoms with Crippen molar-refractivity contribution >= 4 is 22.9 Å². The highest BCUT2D eigenvalue weighted by Gasteiger charge is 2.34. The Hall–Kier alpha value is -3.29. The van der Waals surface area contributed by atoms with Crippen molar-refractivity contribution in [3.8, 4) is 0 Å². The summed E-state index contributed by atoms with van der Waals surface area (Å²) in [6.45, 7) is 7.74. The van der Waals surface area contributed by atoms with E-state index in [4.69, 9.17) is 4.74 Å². The smallest absolute Gasteiger partial charge is 0.308 e. The predicted octanol–water partition coefficient (Wildman–Crippen LogP) is 3.31. The number of methoxy groups -OCH3 is 1. The molecule has 158 valence electrons. The number of hydrogen-bond donors (Lipinski definition) is 1. The Labute approximate surface area is 175 Å². The molecule has 0 saturated carbocycles. The van der Waals surface area contributed by atoms with E-state index in [2.05, 4.69) is 34.2 Å². The third-order valence-corrected chi connectivity index (χ3v) is 5.29. The number of rotatable bonds is 7. The van der Waals surface area contributed by atoms with E-state index >= 15 is 0 Å². The van der Waals surface area contributed by atoms with Crippen molar-refractivity contribution in [3.05, 3.63) is 53.6 Å². The van der Waals surface area contributed by atoms with Gasteiger partial charge in [0.25, 0.3) is 5.91 Å². The number of fused-ring (bicyclic) bond motifs is 1. The Balaban J connectivity index is 2.03. The van der Waals surface area contributed by atoms with Gasteiger partial charge in [-0.1, -0.05) is 13.0 Å². The molecule has 0 unspecified atom stereocenters. The standard InChI is InChI=1S/C22H27N5O3/c1-6-15(3)27-20-17(13-24-27)16(11-14(2)25-20)21(29)26-22(4,12-19(28)30-5)18-9-7-8-10-23-18/h7-11,13,15H,6,12H2,1-5H3,(H,26,29)/t15-,22-/m1/s1. The van der Waals surface area contributed by atoms with Crippen molar-refractivity contribution in [2.75, 3.05) is 7.11 Å². The highest BCUT2D eigenvalue weighted by molar-refractivity contribution is 6.06. The molecule has 0 bridgehead atoms. The van der Waals surface area contributed by atoms with Crippen LogP contribution in [-0.4, -0.2) is 38.7 Å². The SMILES string of the molecule is CC[C@@H](C)n1ncc2c(C(=O)N[C@](C)(CC(=O)OC)c3ccccn3)cc(C)nc21. The molecule has 0 fully saturated rings. The number of hydrogen-bond acceptors (Lipinski definition) is 6. The zero-order chi connectivity index (χ0) is 21.9. The van der Waals surface area contributed by atoms with Crippen LogP contribution in [0.2, 0.25) is 0 Å². The Bertz CT molecular complexity index is 1060. The number of aromatic nitrogens is 4. The van der Waals surface area contributed by atoms with Gasteiger partial charge in [-0.25, -0.2) is 9.67 Å². The van der Waals surface area contributed by atoms with Gasteiger partial charge in [-0.05, 0) is 45.4 Å². The van der Waals surface area contributed by atoms with E-state index in [1.165, 1.54) is 7.11 Å². The third-order valence-electron chi connectivity index (χ3n) is 5.29. The lowest BCUT2D eigenvalue weighted by Gasteiger charge is -2.29. The number of carbonyl (C=O) groups excluding carboxylic acids is 2. The summed E-state index contributed by atoms with van der Waals surface area (Å²) in [6, 6.07) is 7.26. The van der Waals surface area contributed by atoms with Crippen LogP contribution in [0.5, 0.6) is 0 Å². The molecule has 0 aromatic carbocycles. The molecule has 8 nitrogen and oxygen atoms in total. The fourth-order valence-electron chi connectivity index (χ4n) is 3.39. The second kappa shape index (κ2) is 8.61. The number of pyridine rings is 2. The Morgan fingerprint density at radius 2 is 2.10 bits per heavy atom. The van der Waals surface area contributed by atoms with Gasteiger partial charge >= 0.3 is 5.97 Å². The molecular weight excluding hydrogens is 382 g/mol. The van der Waals surface area contributed by atoms with Crippen LogP contribution in [0.4, 0.5) is 0 Å². The summed E-state index contributed by atoms with van der Waals surface area (Å²) in [5, 5.41) is 8.12. The summed E-state index contributed by atoms with van der Waals surface area (Å²) >= 11 is 0. The Morgan fingerprint density at radius 3 is 2.73 bits per heavy atom. The molecule has 1 N–H and O–H groups in total. The van der Waals surface area contributed by atoms with Crippen molar-refractivity contribution in [1.29, 1.82) is 0 Å². The number of nitrogens with one attached hydrogen (secondary N) is 1. The minimum Gasteiger partial charge on any atom is -0.469 e. The largest absolute Gasteiger partial charge is 0.469 e. The minimum absolute atomic E-state index is 0.0500. The molecule has 3 aromatic rings. The van der Waals surface area contributed by atoms with Gasteiger partial charge in [-0.2, -0.15) is 5.10 Å². The van der Waals surface area contributed by atoms with Gasteiger partial charge in [0.1, 0.15) is 0 Å². The molecule has 0 saturated heterocycles. The average Bonchev–Trinajstić information content (AvgIpc) is 3.16. The maximum absolute atomic E-state index is 13.4. The lowest BCUT2D eigenvalue weighted by molar-refractivity contribution is -0.142. The third kappa shape index (κ3) is 4.17. The summed E-state index contributed by atoms with van der Waals surface area (Å²) < 4.78 is 6.68. The maximum atomic E-state index is 13.4. The monoisotopic (exact) mass is 409 g/mol. The second-order valence-corrected chi connectivity index (χ2v) is 7.65. The van der Waals surface area contributed by atoms with Gasteiger partial charge in [0.05, 0.1) is 48.0 Å². The van der Waals surface area contributed by atoms with Crippen LogP contribution in [0.3, 0.4) is 0 Å². The number of esters is 1. The van der Waals surface area contributed by atoms with E-state index in [9.17, 15) is 9.59 Å². The first kappa shape index (κ1) is 21.4. The zero-order valence-electron chi connectivity index (χ0n) is 18.0. The van der Waals surface area contributed by atoms with Gasteiger partial charge in [0, 0.05) is 11.9 Å². The van der Waals surface area contributed by atoms with Crippen molar-refractivity contribution in [3.63, 3.8) is 0 Å². The number of aryl methyl sites for hydroxylation is 1. The van der Waals surface area contributed by atoms with Crippen LogP contribution >= 0.6 is 0 Å². The van der Waals surface area contributed by atoms with Gasteiger partial charge in [-0.3, -0.25) is 14.6 Å². The van der Waals surface area contributed by atoms with Gasteiger partial charge in [0.15, 0.2) is 5.65 Å². The van der Waals surface area contributed by atoms with Crippen LogP contribution in [0.1, 0.15) is 61.4 Å². The van der Waals surface area contributed by atoms with Crippen molar-refractivity contribution < 1.29 is 14.3 Å². The molecular formula is C22H27N5O3. The number of amides is 1. The molecule has 3 rings (SSSR count). The normalized spacial score (nSPS) is 14.2. The summed E-state index contributed by atoms with van der Waals surface area (Å²) in [7, 11) is 1.32. The lowest BCUT2D eigenvalue weighted by atomic mass is 9.92. The second-order valence-electron chi connectivity index (χ2n) is 7.65. The van der Waals surface area contributed by atoms with Gasteiger partial charge in [-0.15, -0.1) is 0 Å². The molecule has 3 heterocycles. The summed E-state index contributed by atoms with van der Waals surface area (Å²) in [6.07, 6.45) is 4.14. The van der Waals surface area contributed by atoms with E-state index < -0.39 is 11.5 Å². The average molecular weight is 409 g/mol. The minimum atomic E-state index is -1.04. The molecule has 1 amide bonds. The summed E-state index contributed by atoms with van der Waals surface area (Å²) in [5.41, 5.74) is 1.37. The number of ether oxygens (including phenoxy) is 1. The molecule has 2 atom stereocenters. The first-order chi connectivity index (χ1) is 14.3. The van der Waals surface area contributed by atoms with Crippen LogP contribution in [-0.2, 0) is 15.1 Å². The Morgan fingerprint density at radius 1 is 1.33 bits per heavy atom. The highest BCUT2D eigenvalue weighted by Crippen LogP contribution is 2.27. The van der Waals surface area contributed by atoms with E-state index in [0.29, 0.717) is 28.0 Å². The lowest BCUT2D eigenvalue weighted by Crippen LogP contribution is -2.46. The van der Waals surface area contributed by atoms with Crippen LogP contribution in [0, 0.1) is 6.92 Å². The van der Waals surface area contributed by atoms with E-state index in [1.807, 2.05) is 17.7 Å². The molecule has 0 aliphatic heterocycles. The van der Waals surface area contributed by atoms with Gasteiger partial charge in [0.2, 0.25) is 0 Å². The molecule has 0 aliphatic rings. The van der Waals surface area contributed by atoms with Crippen LogP contribution in [0.15, 0.2) is 36.7 Å². The zero-order valence-corrected chi connectivity index (χ0v) is 18.0. The summed E-state index contributed by atoms with van der Waals surface area (Å²) in [4.78, 5) is 34.4. The van der Waals surface area contributed by atoms with Crippen molar-refractivity contribution in [2.45, 2.75) is 52.1 Å². The first-order valence-corrected chi connectivity index (χ1v) is 9.94. The topological polar surface area (TPSA) is 99.0 Å². The molecule has 0 spiro atoms. The maximum Gasteiger partial charge on any atom is 0.308 e.